The van der Waals surface area contributed by atoms with Crippen LogP contribution < -0.4 is 0 Å². The van der Waals surface area contributed by atoms with E-state index in [-0.39, 0.29) is 6.04 Å². The second-order valence-corrected chi connectivity index (χ2v) is 3.81. The van der Waals surface area contributed by atoms with E-state index < -0.39 is 0 Å². The molecular formula is C10H16N2O. The van der Waals surface area contributed by atoms with Gasteiger partial charge >= 0.3 is 0 Å². The van der Waals surface area contributed by atoms with Crippen molar-refractivity contribution in [1.29, 1.82) is 5.26 Å². The van der Waals surface area contributed by atoms with Crippen molar-refractivity contribution in [2.45, 2.75) is 44.7 Å². The summed E-state index contributed by atoms with van der Waals surface area (Å²) >= 11 is 0. The molecule has 0 saturated heterocycles. The van der Waals surface area contributed by atoms with E-state index in [0.29, 0.717) is 31.1 Å². The maximum Gasteiger partial charge on any atom is 0.134 e. The zero-order valence-corrected chi connectivity index (χ0v) is 8.29. The Kier molecular flexibility index (Phi) is 3.44. The highest BCUT2D eigenvalue weighted by Crippen LogP contribution is 2.21. The molecule has 0 bridgehead atoms. The molecule has 0 amide bonds. The Morgan fingerprint density at radius 2 is 2.46 bits per heavy atom. The molecule has 2 atom stereocenters. The van der Waals surface area contributed by atoms with Gasteiger partial charge in [-0.15, -0.1) is 0 Å². The lowest BCUT2D eigenvalue weighted by Gasteiger charge is -2.28. The largest absolute Gasteiger partial charge is 0.300 e. The first kappa shape index (κ1) is 10.2. The van der Waals surface area contributed by atoms with Crippen LogP contribution in [0.25, 0.3) is 0 Å². The van der Waals surface area contributed by atoms with Crippen LogP contribution in [-0.2, 0) is 4.79 Å². The van der Waals surface area contributed by atoms with E-state index in [0.717, 1.165) is 6.42 Å². The maximum atomic E-state index is 11.0. The molecule has 0 spiro atoms. The van der Waals surface area contributed by atoms with E-state index in [1.165, 1.54) is 0 Å². The lowest BCUT2D eigenvalue weighted by Crippen LogP contribution is -2.37. The average Bonchev–Trinajstić information content (AvgIpc) is 2.51. The molecule has 2 unspecified atom stereocenters. The molecule has 1 rings (SSSR count). The minimum atomic E-state index is 0.265. The van der Waals surface area contributed by atoms with Crippen LogP contribution in [0, 0.1) is 11.3 Å². The van der Waals surface area contributed by atoms with E-state index >= 15 is 0 Å². The van der Waals surface area contributed by atoms with Crippen molar-refractivity contribution in [2.24, 2.45) is 0 Å². The molecule has 1 fully saturated rings. The normalized spacial score (nSPS) is 24.8. The zero-order valence-electron chi connectivity index (χ0n) is 8.29. The van der Waals surface area contributed by atoms with Crippen LogP contribution in [0.1, 0.15) is 32.6 Å². The molecule has 0 radical (unpaired) electrons. The van der Waals surface area contributed by atoms with E-state index in [2.05, 4.69) is 11.0 Å². The van der Waals surface area contributed by atoms with Crippen molar-refractivity contribution in [3.63, 3.8) is 0 Å². The van der Waals surface area contributed by atoms with Crippen molar-refractivity contribution in [1.82, 2.24) is 4.90 Å². The minimum Gasteiger partial charge on any atom is -0.300 e. The Balaban J connectivity index is 2.43. The van der Waals surface area contributed by atoms with E-state index in [1.54, 1.807) is 0 Å². The Hall–Kier alpha value is -0.880. The van der Waals surface area contributed by atoms with Gasteiger partial charge in [0.05, 0.1) is 12.5 Å². The van der Waals surface area contributed by atoms with Gasteiger partial charge in [-0.2, -0.15) is 5.26 Å². The van der Waals surface area contributed by atoms with Gasteiger partial charge in [-0.3, -0.25) is 9.69 Å². The van der Waals surface area contributed by atoms with Crippen LogP contribution in [0.5, 0.6) is 0 Å². The molecule has 0 N–H and O–H groups in total. The first-order valence-corrected chi connectivity index (χ1v) is 4.75. The van der Waals surface area contributed by atoms with Crippen molar-refractivity contribution >= 4 is 5.78 Å². The topological polar surface area (TPSA) is 44.1 Å². The summed E-state index contributed by atoms with van der Waals surface area (Å²) < 4.78 is 0. The Labute approximate surface area is 79.3 Å². The third-order valence-corrected chi connectivity index (χ3v) is 2.88. The fourth-order valence-corrected chi connectivity index (χ4v) is 1.78. The maximum absolute atomic E-state index is 11.0. The number of carbonyl (C=O) groups excluding carboxylic acids is 1. The van der Waals surface area contributed by atoms with Crippen LogP contribution >= 0.6 is 0 Å². The molecule has 0 aromatic heterocycles. The zero-order chi connectivity index (χ0) is 9.84. The lowest BCUT2D eigenvalue weighted by atomic mass is 10.1. The molecular weight excluding hydrogens is 164 g/mol. The fourth-order valence-electron chi connectivity index (χ4n) is 1.78. The number of rotatable bonds is 3. The molecule has 72 valence electrons. The van der Waals surface area contributed by atoms with E-state index in [9.17, 15) is 4.79 Å². The molecule has 0 aromatic rings. The molecule has 0 aliphatic heterocycles. The highest BCUT2D eigenvalue weighted by atomic mass is 16.1. The summed E-state index contributed by atoms with van der Waals surface area (Å²) in [7, 11) is 2.01. The molecule has 0 aromatic carbocycles. The van der Waals surface area contributed by atoms with Crippen LogP contribution in [0.3, 0.4) is 0 Å². The highest BCUT2D eigenvalue weighted by Gasteiger charge is 2.27. The SMILES string of the molecule is CC(CC#N)N(C)C1CCC(=O)C1. The number of nitrogens with zero attached hydrogens (tertiary/aromatic N) is 2. The monoisotopic (exact) mass is 180 g/mol. The molecule has 1 aliphatic rings. The summed E-state index contributed by atoms with van der Waals surface area (Å²) in [6.45, 7) is 2.03. The standard InChI is InChI=1S/C10H16N2O/c1-8(5-6-11)12(2)9-3-4-10(13)7-9/h8-9H,3-5,7H2,1-2H3. The molecule has 1 aliphatic carbocycles. The minimum absolute atomic E-state index is 0.265. The fraction of sp³-hybridized carbons (Fsp3) is 0.800. The van der Waals surface area contributed by atoms with Gasteiger partial charge in [-0.05, 0) is 20.4 Å². The first-order chi connectivity index (χ1) is 6.15. The van der Waals surface area contributed by atoms with Gasteiger partial charge in [-0.1, -0.05) is 0 Å². The molecule has 13 heavy (non-hydrogen) atoms. The second-order valence-electron chi connectivity index (χ2n) is 3.81. The summed E-state index contributed by atoms with van der Waals surface area (Å²) in [5.41, 5.74) is 0. The lowest BCUT2D eigenvalue weighted by molar-refractivity contribution is -0.117. The quantitative estimate of drug-likeness (QED) is 0.658. The summed E-state index contributed by atoms with van der Waals surface area (Å²) in [4.78, 5) is 13.2. The highest BCUT2D eigenvalue weighted by molar-refractivity contribution is 5.81. The Morgan fingerprint density at radius 1 is 1.77 bits per heavy atom. The first-order valence-electron chi connectivity index (χ1n) is 4.75. The summed E-state index contributed by atoms with van der Waals surface area (Å²) in [6, 6.07) is 2.79. The molecule has 3 nitrogen and oxygen atoms in total. The predicted octanol–water partition coefficient (Wildman–Crippen LogP) is 1.34. The van der Waals surface area contributed by atoms with Crippen molar-refractivity contribution < 1.29 is 4.79 Å². The Morgan fingerprint density at radius 3 is 2.92 bits per heavy atom. The molecule has 0 heterocycles. The Bertz CT molecular complexity index is 232. The van der Waals surface area contributed by atoms with Crippen LogP contribution in [0.2, 0.25) is 0 Å². The number of hydrogen-bond acceptors (Lipinski definition) is 3. The summed E-state index contributed by atoms with van der Waals surface area (Å²) in [6.07, 6.45) is 2.90. The van der Waals surface area contributed by atoms with Crippen LogP contribution in [0.15, 0.2) is 0 Å². The number of nitriles is 1. The van der Waals surface area contributed by atoms with Gasteiger partial charge in [0.1, 0.15) is 5.78 Å². The molecule has 3 heteroatoms. The number of ketones is 1. The van der Waals surface area contributed by atoms with E-state index in [1.807, 2.05) is 14.0 Å². The van der Waals surface area contributed by atoms with Crippen LogP contribution in [-0.4, -0.2) is 29.8 Å². The van der Waals surface area contributed by atoms with Crippen molar-refractivity contribution in [3.8, 4) is 6.07 Å². The predicted molar refractivity (Wildman–Crippen MR) is 50.1 cm³/mol. The van der Waals surface area contributed by atoms with Crippen LogP contribution in [0.4, 0.5) is 0 Å². The van der Waals surface area contributed by atoms with Gasteiger partial charge in [-0.25, -0.2) is 0 Å². The number of Topliss-reactive ketones (excluding diaryl/α,β-unsaturated/α-hetero) is 1. The van der Waals surface area contributed by atoms with Gasteiger partial charge < -0.3 is 0 Å². The van der Waals surface area contributed by atoms with Gasteiger partial charge in [0, 0.05) is 24.9 Å². The number of hydrogen-bond donors (Lipinski definition) is 0. The smallest absolute Gasteiger partial charge is 0.134 e. The third kappa shape index (κ3) is 2.53. The van der Waals surface area contributed by atoms with Gasteiger partial charge in [0.15, 0.2) is 0 Å². The van der Waals surface area contributed by atoms with Crippen molar-refractivity contribution in [3.05, 3.63) is 0 Å². The average molecular weight is 180 g/mol. The summed E-state index contributed by atoms with van der Waals surface area (Å²) in [5, 5.41) is 8.54. The third-order valence-electron chi connectivity index (χ3n) is 2.88. The van der Waals surface area contributed by atoms with E-state index in [4.69, 9.17) is 5.26 Å². The van der Waals surface area contributed by atoms with Gasteiger partial charge in [0.2, 0.25) is 0 Å². The molecule has 1 saturated carbocycles. The van der Waals surface area contributed by atoms with Crippen molar-refractivity contribution in [2.75, 3.05) is 7.05 Å². The number of carbonyl (C=O) groups is 1. The summed E-state index contributed by atoms with van der Waals surface area (Å²) in [5.74, 6) is 0.362. The second kappa shape index (κ2) is 4.38. The van der Waals surface area contributed by atoms with Gasteiger partial charge in [0.25, 0.3) is 0 Å².